The van der Waals surface area contributed by atoms with E-state index in [1.54, 1.807) is 48.7 Å². The topological polar surface area (TPSA) is 96.5 Å². The van der Waals surface area contributed by atoms with E-state index in [4.69, 9.17) is 4.74 Å². The molecule has 1 amide bonds. The lowest BCUT2D eigenvalue weighted by Crippen LogP contribution is -2.20. The highest BCUT2D eigenvalue weighted by Crippen LogP contribution is 2.25. The molecule has 0 aliphatic carbocycles. The number of carbonyl (C=O) groups excluding carboxylic acids is 1. The van der Waals surface area contributed by atoms with E-state index < -0.39 is 11.5 Å². The van der Waals surface area contributed by atoms with Crippen molar-refractivity contribution in [3.05, 3.63) is 106 Å². The minimum Gasteiger partial charge on any atom is -0.438 e. The minimum atomic E-state index is -0.639. The van der Waals surface area contributed by atoms with Crippen molar-refractivity contribution in [3.8, 4) is 17.7 Å². The van der Waals surface area contributed by atoms with Crippen molar-refractivity contribution >= 4 is 23.3 Å². The first-order chi connectivity index (χ1) is 15.9. The normalized spacial score (nSPS) is 11.1. The maximum absolute atomic E-state index is 13.2. The monoisotopic (exact) mass is 436 g/mol. The molecule has 2 aromatic carbocycles. The molecule has 33 heavy (non-hydrogen) atoms. The Morgan fingerprint density at radius 1 is 1.06 bits per heavy atom. The molecule has 1 N–H and O–H groups in total. The van der Waals surface area contributed by atoms with E-state index in [2.05, 4.69) is 10.3 Å². The Kier molecular flexibility index (Phi) is 6.00. The van der Waals surface area contributed by atoms with E-state index in [9.17, 15) is 14.9 Å². The Bertz CT molecular complexity index is 1480. The average Bonchev–Trinajstić information content (AvgIpc) is 2.80. The number of carbonyl (C=O) groups is 1. The van der Waals surface area contributed by atoms with Crippen LogP contribution in [0.4, 0.5) is 5.69 Å². The van der Waals surface area contributed by atoms with Crippen LogP contribution in [-0.4, -0.2) is 15.3 Å². The van der Waals surface area contributed by atoms with Gasteiger partial charge in [-0.15, -0.1) is 0 Å². The van der Waals surface area contributed by atoms with Crippen LogP contribution >= 0.6 is 0 Å². The molecule has 2 heterocycles. The van der Waals surface area contributed by atoms with Crippen LogP contribution in [0.2, 0.25) is 0 Å². The van der Waals surface area contributed by atoms with Crippen molar-refractivity contribution < 1.29 is 9.53 Å². The highest BCUT2D eigenvalue weighted by Gasteiger charge is 2.17. The summed E-state index contributed by atoms with van der Waals surface area (Å²) in [5, 5.41) is 12.3. The number of anilines is 1. The molecule has 0 bridgehead atoms. The number of aryl methyl sites for hydroxylation is 2. The van der Waals surface area contributed by atoms with Crippen LogP contribution in [0.3, 0.4) is 0 Å². The number of nitrogens with zero attached hydrogens (tertiary/aromatic N) is 3. The lowest BCUT2D eigenvalue weighted by atomic mass is 10.1. The summed E-state index contributed by atoms with van der Waals surface area (Å²) in [6.07, 6.45) is 2.78. The summed E-state index contributed by atoms with van der Waals surface area (Å²) in [7, 11) is 0. The number of aromatic nitrogens is 2. The summed E-state index contributed by atoms with van der Waals surface area (Å²) in [4.78, 5) is 30.4. The summed E-state index contributed by atoms with van der Waals surface area (Å²) in [6, 6.07) is 21.4. The van der Waals surface area contributed by atoms with E-state index in [0.717, 1.165) is 11.1 Å². The zero-order valence-corrected chi connectivity index (χ0v) is 18.1. The van der Waals surface area contributed by atoms with E-state index >= 15 is 0 Å². The molecule has 0 aliphatic rings. The second-order valence-electron chi connectivity index (χ2n) is 7.47. The predicted molar refractivity (Wildman–Crippen MR) is 126 cm³/mol. The first-order valence-corrected chi connectivity index (χ1v) is 10.2. The Hall–Kier alpha value is -4.70. The number of hydrogen-bond donors (Lipinski definition) is 1. The van der Waals surface area contributed by atoms with Crippen LogP contribution in [0, 0.1) is 25.2 Å². The van der Waals surface area contributed by atoms with E-state index in [-0.39, 0.29) is 17.0 Å². The number of nitrogens with one attached hydrogen (secondary N) is 1. The number of ether oxygens (including phenoxy) is 1. The molecular formula is C26H20N4O3. The fraction of sp³-hybridized carbons (Fsp3) is 0.0769. The Labute approximate surface area is 190 Å². The van der Waals surface area contributed by atoms with Crippen LogP contribution in [0.5, 0.6) is 11.6 Å². The number of amides is 1. The van der Waals surface area contributed by atoms with Crippen molar-refractivity contribution in [2.24, 2.45) is 0 Å². The average molecular weight is 436 g/mol. The summed E-state index contributed by atoms with van der Waals surface area (Å²) in [5.41, 5.74) is 2.21. The van der Waals surface area contributed by atoms with Gasteiger partial charge < -0.3 is 10.1 Å². The summed E-state index contributed by atoms with van der Waals surface area (Å²) < 4.78 is 7.26. The van der Waals surface area contributed by atoms with Crippen LogP contribution in [0.25, 0.3) is 11.7 Å². The third-order valence-corrected chi connectivity index (χ3v) is 4.90. The van der Waals surface area contributed by atoms with Crippen LogP contribution in [0.1, 0.15) is 16.7 Å². The van der Waals surface area contributed by atoms with Gasteiger partial charge in [0.15, 0.2) is 0 Å². The quantitative estimate of drug-likeness (QED) is 0.363. The zero-order valence-electron chi connectivity index (χ0n) is 18.1. The second kappa shape index (κ2) is 9.20. The molecule has 0 unspecified atom stereocenters. The van der Waals surface area contributed by atoms with Crippen molar-refractivity contribution in [3.63, 3.8) is 0 Å². The number of hydrogen-bond acceptors (Lipinski definition) is 5. The van der Waals surface area contributed by atoms with Crippen LogP contribution < -0.4 is 15.6 Å². The van der Waals surface area contributed by atoms with Gasteiger partial charge in [0.2, 0.25) is 5.88 Å². The highest BCUT2D eigenvalue weighted by atomic mass is 16.5. The molecule has 0 radical (unpaired) electrons. The molecule has 162 valence electrons. The van der Waals surface area contributed by atoms with Crippen molar-refractivity contribution in [2.75, 3.05) is 5.32 Å². The van der Waals surface area contributed by atoms with Crippen molar-refractivity contribution in [2.45, 2.75) is 13.8 Å². The molecule has 4 aromatic rings. The van der Waals surface area contributed by atoms with Gasteiger partial charge in [-0.3, -0.25) is 14.0 Å². The van der Waals surface area contributed by atoms with Gasteiger partial charge in [0.25, 0.3) is 11.5 Å². The van der Waals surface area contributed by atoms with Gasteiger partial charge in [0.05, 0.1) is 0 Å². The number of fused-ring (bicyclic) bond motifs is 1. The largest absolute Gasteiger partial charge is 0.438 e. The van der Waals surface area contributed by atoms with E-state index in [1.807, 2.05) is 44.2 Å². The SMILES string of the molecule is Cc1ccc(NC(=O)/C(C#N)=C/c2c(Oc3cccc(C)c3)nc3ccccn3c2=O)cc1. The maximum atomic E-state index is 13.2. The van der Waals surface area contributed by atoms with Crippen molar-refractivity contribution in [1.29, 1.82) is 5.26 Å². The van der Waals surface area contributed by atoms with Crippen LogP contribution in [-0.2, 0) is 4.79 Å². The molecule has 7 heteroatoms. The van der Waals surface area contributed by atoms with Gasteiger partial charge in [-0.2, -0.15) is 10.2 Å². The van der Waals surface area contributed by atoms with E-state index in [1.165, 1.54) is 10.5 Å². The third-order valence-electron chi connectivity index (χ3n) is 4.90. The molecule has 0 aliphatic heterocycles. The molecule has 0 fully saturated rings. The third kappa shape index (κ3) is 4.81. The van der Waals surface area contributed by atoms with Gasteiger partial charge >= 0.3 is 0 Å². The van der Waals surface area contributed by atoms with Gasteiger partial charge in [0, 0.05) is 11.9 Å². The Morgan fingerprint density at radius 2 is 1.85 bits per heavy atom. The summed E-state index contributed by atoms with van der Waals surface area (Å²) in [6.45, 7) is 3.85. The second-order valence-corrected chi connectivity index (χ2v) is 7.47. The van der Waals surface area contributed by atoms with Crippen LogP contribution in [0.15, 0.2) is 83.3 Å². The smallest absolute Gasteiger partial charge is 0.269 e. The molecule has 0 spiro atoms. The number of nitriles is 1. The Morgan fingerprint density at radius 3 is 2.58 bits per heavy atom. The number of benzene rings is 2. The lowest BCUT2D eigenvalue weighted by Gasteiger charge is -2.11. The standard InChI is InChI=1S/C26H20N4O3/c1-17-9-11-20(12-10-17)28-24(31)19(16-27)15-22-25(33-21-7-5-6-18(2)14-21)29-23-8-3-4-13-30(23)26(22)32/h3-15H,1-2H3,(H,28,31)/b19-15+. The first kappa shape index (κ1) is 21.5. The molecule has 2 aromatic heterocycles. The fourth-order valence-electron chi connectivity index (χ4n) is 3.20. The minimum absolute atomic E-state index is 0.00388. The molecule has 7 nitrogen and oxygen atoms in total. The predicted octanol–water partition coefficient (Wildman–Crippen LogP) is 4.65. The Balaban J connectivity index is 1.79. The fourth-order valence-corrected chi connectivity index (χ4v) is 3.20. The van der Waals surface area contributed by atoms with Gasteiger partial charge in [-0.05, 0) is 61.9 Å². The molecule has 0 saturated heterocycles. The van der Waals surface area contributed by atoms with Gasteiger partial charge in [-0.25, -0.2) is 0 Å². The molecule has 0 saturated carbocycles. The first-order valence-electron chi connectivity index (χ1n) is 10.2. The molecular weight excluding hydrogens is 416 g/mol. The summed E-state index contributed by atoms with van der Waals surface area (Å²) >= 11 is 0. The number of rotatable bonds is 5. The summed E-state index contributed by atoms with van der Waals surface area (Å²) in [5.74, 6) is -0.146. The van der Waals surface area contributed by atoms with Gasteiger partial charge in [0.1, 0.15) is 28.6 Å². The molecule has 4 rings (SSSR count). The maximum Gasteiger partial charge on any atom is 0.269 e. The number of pyridine rings is 1. The van der Waals surface area contributed by atoms with E-state index in [0.29, 0.717) is 17.1 Å². The molecule has 0 atom stereocenters. The van der Waals surface area contributed by atoms with Gasteiger partial charge in [-0.1, -0.05) is 35.9 Å². The van der Waals surface area contributed by atoms with Crippen molar-refractivity contribution in [1.82, 2.24) is 9.38 Å². The lowest BCUT2D eigenvalue weighted by molar-refractivity contribution is -0.112. The highest BCUT2D eigenvalue weighted by molar-refractivity contribution is 6.09. The zero-order chi connectivity index (χ0) is 23.4.